The summed E-state index contributed by atoms with van der Waals surface area (Å²) in [6.07, 6.45) is 0.297. The molecule has 1 rings (SSSR count). The van der Waals surface area contributed by atoms with Crippen LogP contribution < -0.4 is 15.4 Å². The predicted molar refractivity (Wildman–Crippen MR) is 87.2 cm³/mol. The van der Waals surface area contributed by atoms with E-state index in [-0.39, 0.29) is 17.7 Å². The van der Waals surface area contributed by atoms with Crippen LogP contribution in [0.25, 0.3) is 0 Å². The van der Waals surface area contributed by atoms with E-state index < -0.39 is 5.41 Å². The second kappa shape index (κ2) is 8.63. The molecular formula is C16H23ClN2O3. The lowest BCUT2D eigenvalue weighted by molar-refractivity contribution is -0.128. The van der Waals surface area contributed by atoms with Gasteiger partial charge in [0.15, 0.2) is 0 Å². The SMILES string of the molecule is COc1ccc(CC(=O)NCCNC(=O)C(C)(C)CCl)cc1. The van der Waals surface area contributed by atoms with Crippen LogP contribution in [0.5, 0.6) is 5.75 Å². The van der Waals surface area contributed by atoms with Crippen LogP contribution in [0, 0.1) is 5.41 Å². The van der Waals surface area contributed by atoms with E-state index in [1.54, 1.807) is 21.0 Å². The molecule has 2 amide bonds. The Balaban J connectivity index is 2.27. The first kappa shape index (κ1) is 18.3. The van der Waals surface area contributed by atoms with Crippen LogP contribution in [-0.4, -0.2) is 37.9 Å². The largest absolute Gasteiger partial charge is 0.497 e. The number of ether oxygens (including phenoxy) is 1. The highest BCUT2D eigenvalue weighted by Crippen LogP contribution is 2.16. The molecule has 22 heavy (non-hydrogen) atoms. The standard InChI is InChI=1S/C16H23ClN2O3/c1-16(2,11-17)15(21)19-9-8-18-14(20)10-12-4-6-13(22-3)7-5-12/h4-7H,8-11H2,1-3H3,(H,18,20)(H,19,21). The molecule has 0 saturated carbocycles. The van der Waals surface area contributed by atoms with Gasteiger partial charge in [-0.2, -0.15) is 0 Å². The van der Waals surface area contributed by atoms with Crippen LogP contribution in [-0.2, 0) is 16.0 Å². The third kappa shape index (κ3) is 5.93. The number of nitrogens with one attached hydrogen (secondary N) is 2. The summed E-state index contributed by atoms with van der Waals surface area (Å²) in [5.41, 5.74) is 0.305. The fourth-order valence-electron chi connectivity index (χ4n) is 1.67. The molecule has 1 aromatic rings. The van der Waals surface area contributed by atoms with Crippen LogP contribution in [0.3, 0.4) is 0 Å². The van der Waals surface area contributed by atoms with Crippen molar-refractivity contribution in [2.45, 2.75) is 20.3 Å². The summed E-state index contributed by atoms with van der Waals surface area (Å²) >= 11 is 5.72. The van der Waals surface area contributed by atoms with Gasteiger partial charge >= 0.3 is 0 Å². The Morgan fingerprint density at radius 1 is 1.14 bits per heavy atom. The Morgan fingerprint density at radius 3 is 2.27 bits per heavy atom. The number of rotatable bonds is 8. The number of carbonyl (C=O) groups is 2. The van der Waals surface area contributed by atoms with E-state index in [9.17, 15) is 9.59 Å². The highest BCUT2D eigenvalue weighted by atomic mass is 35.5. The number of alkyl halides is 1. The van der Waals surface area contributed by atoms with Crippen molar-refractivity contribution in [1.29, 1.82) is 0 Å². The average Bonchev–Trinajstić information content (AvgIpc) is 2.52. The van der Waals surface area contributed by atoms with Crippen molar-refractivity contribution in [3.8, 4) is 5.75 Å². The van der Waals surface area contributed by atoms with Crippen LogP contribution >= 0.6 is 11.6 Å². The van der Waals surface area contributed by atoms with Crippen molar-refractivity contribution in [3.05, 3.63) is 29.8 Å². The van der Waals surface area contributed by atoms with Gasteiger partial charge in [-0.3, -0.25) is 9.59 Å². The van der Waals surface area contributed by atoms with E-state index >= 15 is 0 Å². The van der Waals surface area contributed by atoms with E-state index in [4.69, 9.17) is 16.3 Å². The predicted octanol–water partition coefficient (Wildman–Crippen LogP) is 1.74. The highest BCUT2D eigenvalue weighted by Gasteiger charge is 2.25. The zero-order chi connectivity index (χ0) is 16.6. The van der Waals surface area contributed by atoms with Crippen molar-refractivity contribution in [1.82, 2.24) is 10.6 Å². The molecule has 0 aliphatic heterocycles. The Bertz CT molecular complexity index is 501. The molecule has 122 valence electrons. The van der Waals surface area contributed by atoms with Gasteiger partial charge in [-0.1, -0.05) is 12.1 Å². The number of hydrogen-bond acceptors (Lipinski definition) is 3. The van der Waals surface area contributed by atoms with Gasteiger partial charge in [0.2, 0.25) is 11.8 Å². The average molecular weight is 327 g/mol. The van der Waals surface area contributed by atoms with Crippen molar-refractivity contribution < 1.29 is 14.3 Å². The molecule has 1 aromatic carbocycles. The first-order chi connectivity index (χ1) is 10.4. The summed E-state index contributed by atoms with van der Waals surface area (Å²) in [5.74, 6) is 0.805. The molecule has 5 nitrogen and oxygen atoms in total. The molecule has 0 fully saturated rings. The maximum absolute atomic E-state index is 11.8. The van der Waals surface area contributed by atoms with Gasteiger partial charge in [0, 0.05) is 19.0 Å². The van der Waals surface area contributed by atoms with Gasteiger partial charge in [0.25, 0.3) is 0 Å². The monoisotopic (exact) mass is 326 g/mol. The Hall–Kier alpha value is -1.75. The second-order valence-electron chi connectivity index (χ2n) is 5.65. The molecule has 2 N–H and O–H groups in total. The van der Waals surface area contributed by atoms with Crippen molar-refractivity contribution >= 4 is 23.4 Å². The maximum atomic E-state index is 11.8. The molecule has 0 bridgehead atoms. The third-order valence-electron chi connectivity index (χ3n) is 3.21. The van der Waals surface area contributed by atoms with E-state index in [2.05, 4.69) is 10.6 Å². The molecule has 0 saturated heterocycles. The van der Waals surface area contributed by atoms with Gasteiger partial charge in [-0.25, -0.2) is 0 Å². The van der Waals surface area contributed by atoms with Gasteiger partial charge in [0.1, 0.15) is 5.75 Å². The minimum absolute atomic E-state index is 0.0870. The Labute approximate surface area is 136 Å². The number of benzene rings is 1. The summed E-state index contributed by atoms with van der Waals surface area (Å²) in [4.78, 5) is 23.6. The minimum atomic E-state index is -0.603. The van der Waals surface area contributed by atoms with E-state index in [1.165, 1.54) is 0 Å². The molecule has 6 heteroatoms. The van der Waals surface area contributed by atoms with Crippen molar-refractivity contribution in [3.63, 3.8) is 0 Å². The lowest BCUT2D eigenvalue weighted by atomic mass is 9.95. The fraction of sp³-hybridized carbons (Fsp3) is 0.500. The molecule has 0 atom stereocenters. The molecule has 0 radical (unpaired) electrons. The smallest absolute Gasteiger partial charge is 0.226 e. The van der Waals surface area contributed by atoms with E-state index in [0.29, 0.717) is 19.5 Å². The van der Waals surface area contributed by atoms with Gasteiger partial charge in [-0.05, 0) is 31.5 Å². The Morgan fingerprint density at radius 2 is 1.73 bits per heavy atom. The molecule has 0 aliphatic rings. The fourth-order valence-corrected chi connectivity index (χ4v) is 1.79. The zero-order valence-electron chi connectivity index (χ0n) is 13.2. The molecule has 0 aromatic heterocycles. The lowest BCUT2D eigenvalue weighted by Crippen LogP contribution is -2.42. The lowest BCUT2D eigenvalue weighted by Gasteiger charge is -2.20. The van der Waals surface area contributed by atoms with Crippen LogP contribution in [0.4, 0.5) is 0 Å². The number of halogens is 1. The number of amides is 2. The summed E-state index contributed by atoms with van der Waals surface area (Å²) < 4.78 is 5.06. The summed E-state index contributed by atoms with van der Waals surface area (Å²) in [5, 5.41) is 5.52. The summed E-state index contributed by atoms with van der Waals surface area (Å²) in [6.45, 7) is 4.32. The number of methoxy groups -OCH3 is 1. The molecule has 0 aliphatic carbocycles. The van der Waals surface area contributed by atoms with Gasteiger partial charge in [-0.15, -0.1) is 11.6 Å². The quantitative estimate of drug-likeness (QED) is 0.565. The highest BCUT2D eigenvalue weighted by molar-refractivity contribution is 6.19. The van der Waals surface area contributed by atoms with E-state index in [1.807, 2.05) is 24.3 Å². The third-order valence-corrected chi connectivity index (χ3v) is 3.87. The maximum Gasteiger partial charge on any atom is 0.226 e. The number of hydrogen-bond donors (Lipinski definition) is 2. The van der Waals surface area contributed by atoms with Gasteiger partial charge in [0.05, 0.1) is 18.9 Å². The normalized spacial score (nSPS) is 10.9. The molecule has 0 unspecified atom stereocenters. The van der Waals surface area contributed by atoms with Crippen LogP contribution in [0.1, 0.15) is 19.4 Å². The van der Waals surface area contributed by atoms with Crippen molar-refractivity contribution in [2.24, 2.45) is 5.41 Å². The van der Waals surface area contributed by atoms with Crippen molar-refractivity contribution in [2.75, 3.05) is 26.1 Å². The first-order valence-electron chi connectivity index (χ1n) is 7.13. The molecule has 0 spiro atoms. The number of carbonyl (C=O) groups excluding carboxylic acids is 2. The second-order valence-corrected chi connectivity index (χ2v) is 5.92. The molecular weight excluding hydrogens is 304 g/mol. The van der Waals surface area contributed by atoms with Crippen LogP contribution in [0.2, 0.25) is 0 Å². The van der Waals surface area contributed by atoms with Crippen LogP contribution in [0.15, 0.2) is 24.3 Å². The summed E-state index contributed by atoms with van der Waals surface area (Å²) in [7, 11) is 1.60. The van der Waals surface area contributed by atoms with E-state index in [0.717, 1.165) is 11.3 Å². The molecule has 0 heterocycles. The minimum Gasteiger partial charge on any atom is -0.497 e. The topological polar surface area (TPSA) is 67.4 Å². The first-order valence-corrected chi connectivity index (χ1v) is 7.66. The summed E-state index contributed by atoms with van der Waals surface area (Å²) in [6, 6.07) is 7.33. The Kier molecular flexibility index (Phi) is 7.18. The zero-order valence-corrected chi connectivity index (χ0v) is 14.0. The van der Waals surface area contributed by atoms with Gasteiger partial charge < -0.3 is 15.4 Å².